The van der Waals surface area contributed by atoms with Crippen LogP contribution in [0.3, 0.4) is 0 Å². The molecule has 1 aliphatic rings. The van der Waals surface area contributed by atoms with E-state index in [4.69, 9.17) is 0 Å². The molecule has 0 saturated heterocycles. The van der Waals surface area contributed by atoms with Gasteiger partial charge in [0.25, 0.3) is 0 Å². The Labute approximate surface area is 62.0 Å². The van der Waals surface area contributed by atoms with Crippen molar-refractivity contribution in [3.63, 3.8) is 0 Å². The third-order valence-electron chi connectivity index (χ3n) is 1.43. The zero-order chi connectivity index (χ0) is 7.78. The van der Waals surface area contributed by atoms with E-state index in [1.165, 1.54) is 0 Å². The maximum Gasteiger partial charge on any atom is 0.138 e. The number of hydrogen-bond donors (Lipinski definition) is 0. The molecule has 0 aromatic rings. The van der Waals surface area contributed by atoms with Gasteiger partial charge in [0.1, 0.15) is 6.04 Å². The van der Waals surface area contributed by atoms with Crippen LogP contribution in [0, 0.1) is 11.5 Å². The van der Waals surface area contributed by atoms with E-state index in [0.29, 0.717) is 0 Å². The Kier molecular flexibility index (Phi) is 1.63. The first kappa shape index (κ1) is 7.45. The molecule has 55 valence electrons. The van der Waals surface area contributed by atoms with Crippen molar-refractivity contribution < 1.29 is 0 Å². The Morgan fingerprint density at radius 2 is 1.80 bits per heavy atom. The van der Waals surface area contributed by atoms with E-state index >= 15 is 0 Å². The fourth-order valence-electron chi connectivity index (χ4n) is 0.755. The van der Waals surface area contributed by atoms with Gasteiger partial charge in [-0.15, -0.1) is 0 Å². The third kappa shape index (κ3) is 1.43. The minimum atomic E-state index is 0.140. The molecule has 0 unspecified atom stereocenters. The van der Waals surface area contributed by atoms with Gasteiger partial charge in [-0.2, -0.15) is 10.2 Å². The first-order valence-electron chi connectivity index (χ1n) is 3.47. The van der Waals surface area contributed by atoms with E-state index in [-0.39, 0.29) is 5.41 Å². The number of hydrogen-bond acceptors (Lipinski definition) is 2. The molecule has 0 N–H and O–H groups in total. The summed E-state index contributed by atoms with van der Waals surface area (Å²) >= 11 is 0. The largest absolute Gasteiger partial charge is 0.174 e. The lowest BCUT2D eigenvalue weighted by Gasteiger charge is -2.19. The summed E-state index contributed by atoms with van der Waals surface area (Å²) in [5, 5.41) is 7.97. The van der Waals surface area contributed by atoms with Crippen LogP contribution in [0.4, 0.5) is 0 Å². The molecular weight excluding hydrogens is 124 g/mol. The van der Waals surface area contributed by atoms with Crippen molar-refractivity contribution in [1.29, 1.82) is 0 Å². The van der Waals surface area contributed by atoms with E-state index in [1.54, 1.807) is 0 Å². The smallest absolute Gasteiger partial charge is 0.138 e. The van der Waals surface area contributed by atoms with Gasteiger partial charge in [-0.05, 0) is 18.4 Å². The first-order valence-corrected chi connectivity index (χ1v) is 3.47. The molecule has 1 rings (SSSR count). The van der Waals surface area contributed by atoms with Crippen LogP contribution >= 0.6 is 0 Å². The highest BCUT2D eigenvalue weighted by atomic mass is 15.2. The minimum Gasteiger partial charge on any atom is -0.174 e. The van der Waals surface area contributed by atoms with E-state index in [9.17, 15) is 0 Å². The van der Waals surface area contributed by atoms with Crippen molar-refractivity contribution in [2.45, 2.75) is 27.7 Å². The van der Waals surface area contributed by atoms with Gasteiger partial charge in [0.05, 0.1) is 5.70 Å². The second kappa shape index (κ2) is 2.19. The molecule has 0 amide bonds. The molecular formula is C8H13N2. The number of rotatable bonds is 0. The van der Waals surface area contributed by atoms with Crippen molar-refractivity contribution >= 4 is 0 Å². The number of nitrogens with zero attached hydrogens (tertiary/aromatic N) is 2. The molecule has 2 heteroatoms. The van der Waals surface area contributed by atoms with Gasteiger partial charge >= 0.3 is 0 Å². The van der Waals surface area contributed by atoms with Crippen LogP contribution in [0.25, 0.3) is 0 Å². The van der Waals surface area contributed by atoms with Crippen molar-refractivity contribution in [2.24, 2.45) is 15.6 Å². The van der Waals surface area contributed by atoms with Crippen LogP contribution in [-0.4, -0.2) is 0 Å². The number of azo groups is 1. The van der Waals surface area contributed by atoms with Gasteiger partial charge in [-0.1, -0.05) is 20.8 Å². The standard InChI is InChI=1S/C8H13N2/c1-6-5-7(10-9-6)8(2,3)4/h5H,1-4H3. The Bertz CT molecular complexity index is 184. The van der Waals surface area contributed by atoms with Gasteiger partial charge < -0.3 is 0 Å². The Balaban J connectivity index is 2.72. The molecule has 0 aromatic heterocycles. The summed E-state index contributed by atoms with van der Waals surface area (Å²) in [6, 6.07) is 1.07. The average Bonchev–Trinajstić information content (AvgIpc) is 2.11. The summed E-state index contributed by atoms with van der Waals surface area (Å²) in [7, 11) is 0. The monoisotopic (exact) mass is 137 g/mol. The first-order chi connectivity index (χ1) is 4.50. The second-order valence-electron chi connectivity index (χ2n) is 3.62. The van der Waals surface area contributed by atoms with Crippen molar-refractivity contribution in [2.75, 3.05) is 0 Å². The highest BCUT2D eigenvalue weighted by molar-refractivity contribution is 5.22. The molecule has 0 fully saturated rings. The normalized spacial score (nSPS) is 19.8. The Hall–Kier alpha value is -0.660. The van der Waals surface area contributed by atoms with Crippen molar-refractivity contribution in [3.05, 3.63) is 17.8 Å². The van der Waals surface area contributed by atoms with Crippen molar-refractivity contribution in [1.82, 2.24) is 0 Å². The van der Waals surface area contributed by atoms with E-state index in [0.717, 1.165) is 11.7 Å². The molecule has 0 atom stereocenters. The van der Waals surface area contributed by atoms with Crippen LogP contribution in [-0.2, 0) is 0 Å². The van der Waals surface area contributed by atoms with Gasteiger partial charge in [0.15, 0.2) is 0 Å². The molecule has 0 bridgehead atoms. The summed E-state index contributed by atoms with van der Waals surface area (Å²) in [6.07, 6.45) is 2.03. The van der Waals surface area contributed by atoms with Crippen LogP contribution < -0.4 is 0 Å². The average molecular weight is 137 g/mol. The highest BCUT2D eigenvalue weighted by Crippen LogP contribution is 2.34. The molecule has 0 saturated carbocycles. The highest BCUT2D eigenvalue weighted by Gasteiger charge is 2.26. The van der Waals surface area contributed by atoms with E-state index in [2.05, 4.69) is 31.0 Å². The van der Waals surface area contributed by atoms with Gasteiger partial charge in [0.2, 0.25) is 0 Å². The fourth-order valence-corrected chi connectivity index (χ4v) is 0.755. The molecule has 2 nitrogen and oxygen atoms in total. The van der Waals surface area contributed by atoms with Gasteiger partial charge in [-0.3, -0.25) is 0 Å². The molecule has 1 heterocycles. The Morgan fingerprint density at radius 1 is 1.20 bits per heavy atom. The third-order valence-corrected chi connectivity index (χ3v) is 1.43. The SMILES string of the molecule is CC1=C[C](C(C)(C)C)N=N1. The topological polar surface area (TPSA) is 24.7 Å². The lowest BCUT2D eigenvalue weighted by Crippen LogP contribution is -2.12. The van der Waals surface area contributed by atoms with E-state index in [1.807, 2.05) is 13.0 Å². The Morgan fingerprint density at radius 3 is 2.00 bits per heavy atom. The summed E-state index contributed by atoms with van der Waals surface area (Å²) in [5.41, 5.74) is 1.14. The van der Waals surface area contributed by atoms with Gasteiger partial charge in [-0.25, -0.2) is 0 Å². The molecule has 10 heavy (non-hydrogen) atoms. The lowest BCUT2D eigenvalue weighted by atomic mass is 9.87. The zero-order valence-corrected chi connectivity index (χ0v) is 6.97. The number of allylic oxidation sites excluding steroid dienone is 1. The maximum atomic E-state index is 4.04. The van der Waals surface area contributed by atoms with Crippen molar-refractivity contribution in [3.8, 4) is 0 Å². The van der Waals surface area contributed by atoms with Gasteiger partial charge in [0, 0.05) is 0 Å². The molecule has 0 aromatic carbocycles. The van der Waals surface area contributed by atoms with Crippen LogP contribution in [0.5, 0.6) is 0 Å². The predicted molar refractivity (Wildman–Crippen MR) is 41.3 cm³/mol. The molecule has 1 aliphatic heterocycles. The summed E-state index contributed by atoms with van der Waals surface area (Å²) in [4.78, 5) is 0. The zero-order valence-electron chi connectivity index (χ0n) is 6.97. The van der Waals surface area contributed by atoms with Crippen LogP contribution in [0.1, 0.15) is 27.7 Å². The van der Waals surface area contributed by atoms with Crippen LogP contribution in [0.15, 0.2) is 22.0 Å². The minimum absolute atomic E-state index is 0.140. The molecule has 0 aliphatic carbocycles. The van der Waals surface area contributed by atoms with Crippen LogP contribution in [0.2, 0.25) is 0 Å². The lowest BCUT2D eigenvalue weighted by molar-refractivity contribution is 0.447. The molecule has 1 radical (unpaired) electrons. The molecule has 0 spiro atoms. The summed E-state index contributed by atoms with van der Waals surface area (Å²) < 4.78 is 0. The predicted octanol–water partition coefficient (Wildman–Crippen LogP) is 2.93. The summed E-state index contributed by atoms with van der Waals surface area (Å²) in [5.74, 6) is 0. The summed E-state index contributed by atoms with van der Waals surface area (Å²) in [6.45, 7) is 8.37. The second-order valence-corrected chi connectivity index (χ2v) is 3.62. The van der Waals surface area contributed by atoms with E-state index < -0.39 is 0 Å². The quantitative estimate of drug-likeness (QED) is 0.490. The fraction of sp³-hybridized carbons (Fsp3) is 0.625. The maximum absolute atomic E-state index is 4.04.